The summed E-state index contributed by atoms with van der Waals surface area (Å²) in [7, 11) is 0. The summed E-state index contributed by atoms with van der Waals surface area (Å²) >= 11 is 1.73. The maximum Gasteiger partial charge on any atom is 0.223 e. The quantitative estimate of drug-likeness (QED) is 0.806. The fraction of sp³-hybridized carbons (Fsp3) is 0.810. The lowest BCUT2D eigenvalue weighted by Gasteiger charge is -2.57. The van der Waals surface area contributed by atoms with E-state index >= 15 is 0 Å². The number of hydrogen-bond acceptors (Lipinski definition) is 4. The van der Waals surface area contributed by atoms with Crippen LogP contribution in [-0.4, -0.2) is 46.9 Å². The van der Waals surface area contributed by atoms with E-state index in [1.54, 1.807) is 11.3 Å². The lowest BCUT2D eigenvalue weighted by molar-refractivity contribution is -0.139. The molecule has 1 amide bonds. The first kappa shape index (κ1) is 17.2. The predicted octanol–water partition coefficient (Wildman–Crippen LogP) is 3.78. The molecular weight excluding hydrogens is 342 g/mol. The Hall–Kier alpha value is -0.940. The molecule has 4 aliphatic carbocycles. The Kier molecular flexibility index (Phi) is 4.56. The van der Waals surface area contributed by atoms with Gasteiger partial charge in [0.15, 0.2) is 0 Å². The SMILES string of the molecule is O=C(CC12CC3CC(CC(C3)C1)C2)N1CCCN(Cc2nccs2)CC1. The highest BCUT2D eigenvalue weighted by Crippen LogP contribution is 2.61. The van der Waals surface area contributed by atoms with Gasteiger partial charge in [-0.25, -0.2) is 4.98 Å². The zero-order valence-electron chi connectivity index (χ0n) is 15.7. The molecule has 4 nitrogen and oxygen atoms in total. The van der Waals surface area contributed by atoms with Gasteiger partial charge >= 0.3 is 0 Å². The molecule has 6 rings (SSSR count). The minimum absolute atomic E-state index is 0.374. The smallest absolute Gasteiger partial charge is 0.223 e. The molecule has 0 aromatic carbocycles. The number of carbonyl (C=O) groups is 1. The van der Waals surface area contributed by atoms with Crippen molar-refractivity contribution in [3.05, 3.63) is 16.6 Å². The van der Waals surface area contributed by atoms with Crippen LogP contribution in [0.3, 0.4) is 0 Å². The Morgan fingerprint density at radius 2 is 1.81 bits per heavy atom. The molecular formula is C21H31N3OS. The summed E-state index contributed by atoms with van der Waals surface area (Å²) < 4.78 is 0. The second-order valence-corrected chi connectivity index (χ2v) is 10.5. The number of thiazole rings is 1. The summed E-state index contributed by atoms with van der Waals surface area (Å²) in [5.74, 6) is 3.26. The van der Waals surface area contributed by atoms with E-state index in [0.29, 0.717) is 11.3 Å². The number of hydrogen-bond donors (Lipinski definition) is 0. The average Bonchev–Trinajstić information content (AvgIpc) is 2.97. The number of carbonyl (C=O) groups excluding carboxylic acids is 1. The van der Waals surface area contributed by atoms with Gasteiger partial charge in [0, 0.05) is 44.2 Å². The number of rotatable bonds is 4. The monoisotopic (exact) mass is 373 g/mol. The maximum absolute atomic E-state index is 13.2. The molecule has 142 valence electrons. The third kappa shape index (κ3) is 3.45. The van der Waals surface area contributed by atoms with E-state index in [1.165, 1.54) is 43.5 Å². The first-order valence-corrected chi connectivity index (χ1v) is 11.4. The van der Waals surface area contributed by atoms with Crippen molar-refractivity contribution in [2.24, 2.45) is 23.2 Å². The number of aromatic nitrogens is 1. The van der Waals surface area contributed by atoms with E-state index in [0.717, 1.165) is 63.3 Å². The largest absolute Gasteiger partial charge is 0.341 e. The summed E-state index contributed by atoms with van der Waals surface area (Å²) in [5, 5.41) is 3.24. The van der Waals surface area contributed by atoms with Gasteiger partial charge in [-0.1, -0.05) is 0 Å². The average molecular weight is 374 g/mol. The van der Waals surface area contributed by atoms with Crippen molar-refractivity contribution >= 4 is 17.2 Å². The van der Waals surface area contributed by atoms with Crippen molar-refractivity contribution < 1.29 is 4.79 Å². The lowest BCUT2D eigenvalue weighted by atomic mass is 9.49. The molecule has 2 heterocycles. The van der Waals surface area contributed by atoms with Gasteiger partial charge in [-0.2, -0.15) is 0 Å². The van der Waals surface area contributed by atoms with Crippen LogP contribution in [-0.2, 0) is 11.3 Å². The molecule has 1 aromatic heterocycles. The van der Waals surface area contributed by atoms with Gasteiger partial charge in [-0.3, -0.25) is 9.69 Å². The summed E-state index contributed by atoms with van der Waals surface area (Å²) in [5.41, 5.74) is 0.374. The van der Waals surface area contributed by atoms with Crippen molar-refractivity contribution in [2.45, 2.75) is 57.9 Å². The number of nitrogens with zero attached hydrogens (tertiary/aromatic N) is 3. The molecule has 5 fully saturated rings. The molecule has 1 aliphatic heterocycles. The zero-order valence-corrected chi connectivity index (χ0v) is 16.6. The van der Waals surface area contributed by atoms with Crippen molar-refractivity contribution in [1.29, 1.82) is 0 Å². The van der Waals surface area contributed by atoms with Crippen molar-refractivity contribution in [1.82, 2.24) is 14.8 Å². The maximum atomic E-state index is 13.2. The Morgan fingerprint density at radius 1 is 1.08 bits per heavy atom. The highest BCUT2D eigenvalue weighted by Gasteiger charge is 2.51. The number of amides is 1. The van der Waals surface area contributed by atoms with Gasteiger partial charge in [-0.05, 0) is 68.1 Å². The first-order valence-electron chi connectivity index (χ1n) is 10.6. The molecule has 4 bridgehead atoms. The van der Waals surface area contributed by atoms with Gasteiger partial charge in [-0.15, -0.1) is 11.3 Å². The molecule has 0 radical (unpaired) electrons. The highest BCUT2D eigenvalue weighted by molar-refractivity contribution is 7.09. The topological polar surface area (TPSA) is 36.4 Å². The molecule has 0 atom stereocenters. The van der Waals surface area contributed by atoms with Gasteiger partial charge in [0.2, 0.25) is 5.91 Å². The third-order valence-electron chi connectivity index (χ3n) is 7.47. The molecule has 1 saturated heterocycles. The Labute approximate surface area is 161 Å². The van der Waals surface area contributed by atoms with Gasteiger partial charge in [0.05, 0.1) is 6.54 Å². The fourth-order valence-corrected chi connectivity index (χ4v) is 7.50. The van der Waals surface area contributed by atoms with E-state index in [1.807, 2.05) is 6.20 Å². The van der Waals surface area contributed by atoms with Crippen molar-refractivity contribution in [3.63, 3.8) is 0 Å². The van der Waals surface area contributed by atoms with Gasteiger partial charge in [0.25, 0.3) is 0 Å². The predicted molar refractivity (Wildman–Crippen MR) is 104 cm³/mol. The molecule has 26 heavy (non-hydrogen) atoms. The van der Waals surface area contributed by atoms with Crippen LogP contribution in [0.2, 0.25) is 0 Å². The Morgan fingerprint density at radius 3 is 2.46 bits per heavy atom. The normalized spacial score (nSPS) is 37.1. The van der Waals surface area contributed by atoms with Gasteiger partial charge in [0.1, 0.15) is 5.01 Å². The zero-order chi connectivity index (χ0) is 17.6. The molecule has 4 saturated carbocycles. The Bertz CT molecular complexity index is 608. The molecule has 0 N–H and O–H groups in total. The van der Waals surface area contributed by atoms with E-state index in [9.17, 15) is 4.79 Å². The van der Waals surface area contributed by atoms with Gasteiger partial charge < -0.3 is 4.90 Å². The molecule has 0 spiro atoms. The summed E-state index contributed by atoms with van der Waals surface area (Å²) in [6, 6.07) is 0. The second kappa shape index (κ2) is 6.90. The van der Waals surface area contributed by atoms with E-state index < -0.39 is 0 Å². The molecule has 5 heteroatoms. The van der Waals surface area contributed by atoms with Crippen LogP contribution in [0, 0.1) is 23.2 Å². The minimum atomic E-state index is 0.374. The summed E-state index contributed by atoms with van der Waals surface area (Å²) in [4.78, 5) is 22.2. The van der Waals surface area contributed by atoms with Crippen LogP contribution < -0.4 is 0 Å². The summed E-state index contributed by atoms with van der Waals surface area (Å²) in [6.07, 6.45) is 12.2. The van der Waals surface area contributed by atoms with Crippen LogP contribution in [0.4, 0.5) is 0 Å². The van der Waals surface area contributed by atoms with E-state index in [-0.39, 0.29) is 0 Å². The van der Waals surface area contributed by atoms with Crippen LogP contribution >= 0.6 is 11.3 Å². The van der Waals surface area contributed by atoms with E-state index in [4.69, 9.17) is 0 Å². The lowest BCUT2D eigenvalue weighted by Crippen LogP contribution is -2.48. The van der Waals surface area contributed by atoms with Crippen LogP contribution in [0.15, 0.2) is 11.6 Å². The first-order chi connectivity index (χ1) is 12.7. The standard InChI is InChI=1S/C21H31N3OS/c25-20(14-21-11-16-8-17(12-21)10-18(9-16)13-21)24-4-1-3-23(5-6-24)15-19-22-2-7-26-19/h2,7,16-18H,1,3-6,8-15H2. The van der Waals surface area contributed by atoms with Crippen LogP contribution in [0.25, 0.3) is 0 Å². The molecule has 0 unspecified atom stereocenters. The molecule has 1 aromatic rings. The van der Waals surface area contributed by atoms with Crippen molar-refractivity contribution in [2.75, 3.05) is 26.2 Å². The third-order valence-corrected chi connectivity index (χ3v) is 8.24. The van der Waals surface area contributed by atoms with E-state index in [2.05, 4.69) is 20.2 Å². The van der Waals surface area contributed by atoms with Crippen LogP contribution in [0.5, 0.6) is 0 Å². The van der Waals surface area contributed by atoms with Crippen molar-refractivity contribution in [3.8, 4) is 0 Å². The highest BCUT2D eigenvalue weighted by atomic mass is 32.1. The molecule has 5 aliphatic rings. The fourth-order valence-electron chi connectivity index (χ4n) is 6.84. The minimum Gasteiger partial charge on any atom is -0.341 e. The van der Waals surface area contributed by atoms with Crippen LogP contribution in [0.1, 0.15) is 56.4 Å². The summed E-state index contributed by atoms with van der Waals surface area (Å²) in [6.45, 7) is 4.86. The Balaban J connectivity index is 1.18. The second-order valence-electron chi connectivity index (χ2n) is 9.53.